The fourth-order valence-electron chi connectivity index (χ4n) is 5.95. The molecule has 3 aliphatic heterocycles. The van der Waals surface area contributed by atoms with Crippen molar-refractivity contribution >= 4 is 34.2 Å². The molecule has 28 heavy (non-hydrogen) atoms. The van der Waals surface area contributed by atoms with Crippen molar-refractivity contribution < 1.29 is 9.15 Å². The zero-order valence-corrected chi connectivity index (χ0v) is 16.2. The van der Waals surface area contributed by atoms with Crippen LogP contribution in [0.4, 0.5) is 0 Å². The van der Waals surface area contributed by atoms with Crippen molar-refractivity contribution in [3.63, 3.8) is 0 Å². The van der Waals surface area contributed by atoms with Crippen molar-refractivity contribution in [1.29, 1.82) is 0 Å². The molecule has 4 nitrogen and oxygen atoms in total. The molecule has 1 fully saturated rings. The summed E-state index contributed by atoms with van der Waals surface area (Å²) in [5.74, 6) is -0.376. The Morgan fingerprint density at radius 1 is 0.750 bits per heavy atom. The molecule has 5 heterocycles. The molecule has 0 N–H and O–H groups in total. The highest BCUT2D eigenvalue weighted by molar-refractivity contribution is 6.00. The van der Waals surface area contributed by atoms with Crippen LogP contribution in [0.1, 0.15) is 28.9 Å². The van der Waals surface area contributed by atoms with Gasteiger partial charge in [0.25, 0.3) is 0 Å². The molecule has 4 aromatic rings. The maximum absolute atomic E-state index is 2.58. The van der Waals surface area contributed by atoms with E-state index in [0.29, 0.717) is 0 Å². The van der Waals surface area contributed by atoms with E-state index in [0.717, 1.165) is 19.5 Å². The highest BCUT2D eigenvalue weighted by Crippen LogP contribution is 2.42. The van der Waals surface area contributed by atoms with Gasteiger partial charge in [-0.3, -0.25) is 0 Å². The van der Waals surface area contributed by atoms with Gasteiger partial charge in [-0.05, 0) is 38.1 Å². The van der Waals surface area contributed by atoms with E-state index in [-0.39, 0.29) is 5.91 Å². The lowest BCUT2D eigenvalue weighted by atomic mass is 10.1. The smallest absolute Gasteiger partial charge is 0.203 e. The molecule has 3 aliphatic rings. The molecular formula is C24H22N4+2. The molecule has 1 spiro atoms. The normalized spacial score (nSPS) is 18.6. The number of aryl methyl sites for hydroxylation is 2. The van der Waals surface area contributed by atoms with Crippen LogP contribution in [-0.2, 0) is 5.91 Å². The molecule has 7 rings (SSSR count). The molecule has 0 atom stereocenters. The van der Waals surface area contributed by atoms with Crippen molar-refractivity contribution in [2.24, 2.45) is 0 Å². The molecule has 0 bridgehead atoms. The van der Waals surface area contributed by atoms with Crippen LogP contribution < -0.4 is 0 Å². The third kappa shape index (κ3) is 1.45. The first-order valence-corrected chi connectivity index (χ1v) is 10.2. The Labute approximate surface area is 163 Å². The summed E-state index contributed by atoms with van der Waals surface area (Å²) in [6.07, 6.45) is 5.94. The zero-order chi connectivity index (χ0) is 18.6. The van der Waals surface area contributed by atoms with Crippen LogP contribution in [0, 0.1) is 13.8 Å². The Bertz CT molecular complexity index is 1300. The van der Waals surface area contributed by atoms with E-state index < -0.39 is 0 Å². The Morgan fingerprint density at radius 3 is 1.75 bits per heavy atom. The molecule has 136 valence electrons. The Hall–Kier alpha value is -3.14. The lowest BCUT2D eigenvalue weighted by molar-refractivity contribution is -0.885. The van der Waals surface area contributed by atoms with E-state index >= 15 is 0 Å². The third-order valence-corrected chi connectivity index (χ3v) is 6.84. The standard InChI is InChI=1S/C24H22N4/c1-16-12-18-6-3-8-20-14-25-10-5-11-26-15-21-9-4-7-19-13-17(2)28(23(19)21)24(25,26)27(16)22(18)20/h3-4,6-9,12-15H,5,10-11H2,1-2H3/q+2. The van der Waals surface area contributed by atoms with Gasteiger partial charge in [-0.2, -0.15) is 0 Å². The Kier molecular flexibility index (Phi) is 2.46. The molecule has 4 heteroatoms. The quantitative estimate of drug-likeness (QED) is 0.423. The van der Waals surface area contributed by atoms with Crippen LogP contribution in [0.2, 0.25) is 0 Å². The van der Waals surface area contributed by atoms with Gasteiger partial charge in [0.15, 0.2) is 25.5 Å². The van der Waals surface area contributed by atoms with Gasteiger partial charge in [0.2, 0.25) is 0 Å². The number of aromatic nitrogens is 2. The minimum absolute atomic E-state index is 0.376. The molecule has 0 aliphatic carbocycles. The molecule has 0 saturated carbocycles. The number of hydrogen-bond acceptors (Lipinski definition) is 0. The Morgan fingerprint density at radius 2 is 1.25 bits per heavy atom. The van der Waals surface area contributed by atoms with Crippen LogP contribution in [0.3, 0.4) is 0 Å². The first kappa shape index (κ1) is 14.9. The van der Waals surface area contributed by atoms with Crippen LogP contribution in [0.15, 0.2) is 48.5 Å². The topological polar surface area (TPSA) is 15.9 Å². The summed E-state index contributed by atoms with van der Waals surface area (Å²) >= 11 is 0. The second-order valence-electron chi connectivity index (χ2n) is 8.41. The highest BCUT2D eigenvalue weighted by atomic mass is 15.6. The van der Waals surface area contributed by atoms with E-state index in [9.17, 15) is 0 Å². The number of nitrogens with zero attached hydrogens (tertiary/aromatic N) is 4. The van der Waals surface area contributed by atoms with Gasteiger partial charge in [0.1, 0.15) is 0 Å². The second kappa shape index (κ2) is 4.64. The molecule has 0 unspecified atom stereocenters. The maximum atomic E-state index is 2.58. The monoisotopic (exact) mass is 366 g/mol. The molecule has 0 amide bonds. The van der Waals surface area contributed by atoms with Gasteiger partial charge in [0, 0.05) is 22.2 Å². The molecule has 1 saturated heterocycles. The summed E-state index contributed by atoms with van der Waals surface area (Å²) in [6, 6.07) is 18.0. The summed E-state index contributed by atoms with van der Waals surface area (Å²) in [5, 5.41) is 2.65. The Balaban J connectivity index is 1.76. The largest absolute Gasteiger partial charge is 0.541 e. The summed E-state index contributed by atoms with van der Waals surface area (Å²) < 4.78 is 10.3. The average molecular weight is 366 g/mol. The maximum Gasteiger partial charge on any atom is 0.541 e. The molecular weight excluding hydrogens is 344 g/mol. The summed E-state index contributed by atoms with van der Waals surface area (Å²) in [6.45, 7) is 6.62. The predicted molar refractivity (Wildman–Crippen MR) is 112 cm³/mol. The van der Waals surface area contributed by atoms with Crippen LogP contribution in [-0.4, -0.2) is 43.8 Å². The minimum atomic E-state index is -0.376. The van der Waals surface area contributed by atoms with E-state index in [1.54, 1.807) is 0 Å². The minimum Gasteiger partial charge on any atom is -0.203 e. The van der Waals surface area contributed by atoms with E-state index in [1.807, 2.05) is 0 Å². The molecule has 2 aromatic carbocycles. The summed E-state index contributed by atoms with van der Waals surface area (Å²) in [5.41, 5.74) is 7.94. The fraction of sp³-hybridized carbons (Fsp3) is 0.250. The van der Waals surface area contributed by atoms with E-state index in [4.69, 9.17) is 0 Å². The number of benzene rings is 2. The first-order valence-electron chi connectivity index (χ1n) is 10.2. The zero-order valence-electron chi connectivity index (χ0n) is 16.2. The molecule has 0 radical (unpaired) electrons. The summed E-state index contributed by atoms with van der Waals surface area (Å²) in [4.78, 5) is 0. The lowest BCUT2D eigenvalue weighted by Crippen LogP contribution is -2.65. The van der Waals surface area contributed by atoms with Gasteiger partial charge < -0.3 is 0 Å². The fourth-order valence-corrected chi connectivity index (χ4v) is 5.95. The molecule has 2 aromatic heterocycles. The first-order chi connectivity index (χ1) is 13.7. The number of hydrogen-bond donors (Lipinski definition) is 0. The number of rotatable bonds is 0. The predicted octanol–water partition coefficient (Wildman–Crippen LogP) is 3.62. The van der Waals surface area contributed by atoms with Crippen LogP contribution in [0.25, 0.3) is 21.8 Å². The van der Waals surface area contributed by atoms with Gasteiger partial charge in [0.05, 0.1) is 28.6 Å². The van der Waals surface area contributed by atoms with Gasteiger partial charge >= 0.3 is 5.91 Å². The second-order valence-corrected chi connectivity index (χ2v) is 8.41. The lowest BCUT2D eigenvalue weighted by Gasteiger charge is -2.38. The van der Waals surface area contributed by atoms with Crippen molar-refractivity contribution in [3.8, 4) is 0 Å². The highest BCUT2D eigenvalue weighted by Gasteiger charge is 2.63. The third-order valence-electron chi connectivity index (χ3n) is 6.84. The van der Waals surface area contributed by atoms with Crippen LogP contribution >= 0.6 is 0 Å². The van der Waals surface area contributed by atoms with Crippen molar-refractivity contribution in [2.75, 3.05) is 13.1 Å². The summed E-state index contributed by atoms with van der Waals surface area (Å²) in [7, 11) is 0. The van der Waals surface area contributed by atoms with Gasteiger partial charge in [-0.15, -0.1) is 9.15 Å². The van der Waals surface area contributed by atoms with Crippen molar-refractivity contribution in [1.82, 2.24) is 9.13 Å². The average Bonchev–Trinajstić information content (AvgIpc) is 3.21. The van der Waals surface area contributed by atoms with E-state index in [1.165, 1.54) is 44.3 Å². The van der Waals surface area contributed by atoms with Crippen LogP contribution in [0.5, 0.6) is 0 Å². The van der Waals surface area contributed by atoms with Crippen molar-refractivity contribution in [3.05, 3.63) is 71.0 Å². The van der Waals surface area contributed by atoms with Crippen molar-refractivity contribution in [2.45, 2.75) is 26.2 Å². The SMILES string of the molecule is Cc1cc2cccc3c2n1C12n4c(C)cc5cccc(c54)C=[N+]1CCC[N+]2=C3. The number of para-hydroxylation sites is 2. The van der Waals surface area contributed by atoms with Gasteiger partial charge in [-0.1, -0.05) is 24.3 Å². The van der Waals surface area contributed by atoms with Gasteiger partial charge in [-0.25, -0.2) is 9.13 Å². The van der Waals surface area contributed by atoms with E-state index in [2.05, 4.69) is 93.1 Å².